The van der Waals surface area contributed by atoms with Crippen molar-refractivity contribution in [1.82, 2.24) is 26.6 Å². The summed E-state index contributed by atoms with van der Waals surface area (Å²) in [5.41, 5.74) is -2.81. The fourth-order valence-electron chi connectivity index (χ4n) is 7.03. The summed E-state index contributed by atoms with van der Waals surface area (Å²) in [4.78, 5) is 13.3. The zero-order valence-corrected chi connectivity index (χ0v) is 25.3. The Kier molecular flexibility index (Phi) is 11.8. The molecule has 0 bridgehead atoms. The van der Waals surface area contributed by atoms with Crippen molar-refractivity contribution >= 4 is 15.7 Å². The van der Waals surface area contributed by atoms with E-state index in [0.29, 0.717) is 24.3 Å². The molecule has 2 aliphatic heterocycles. The molecule has 4 aliphatic rings. The van der Waals surface area contributed by atoms with E-state index >= 15 is 0 Å². The molecule has 41 heavy (non-hydrogen) atoms. The first-order valence-corrected chi connectivity index (χ1v) is 17.3. The SMILES string of the molecule is CC1CCC(NC(=O)C2CCC(S(C)(=O)=O)C(OCC(F)(CF)CF)C2)CC1NC1NCCC(C2CCCNC2)N1. The van der Waals surface area contributed by atoms with Crippen LogP contribution in [0.4, 0.5) is 13.2 Å². The quantitative estimate of drug-likeness (QED) is 0.240. The van der Waals surface area contributed by atoms with Gasteiger partial charge in [0.2, 0.25) is 5.91 Å². The number of carbonyl (C=O) groups excluding carboxylic acids is 1. The van der Waals surface area contributed by atoms with Crippen LogP contribution in [-0.4, -0.2) is 102 Å². The zero-order chi connectivity index (χ0) is 29.6. The van der Waals surface area contributed by atoms with Gasteiger partial charge in [-0.15, -0.1) is 0 Å². The number of nitrogens with one attached hydrogen (secondary N) is 5. The van der Waals surface area contributed by atoms with E-state index in [9.17, 15) is 26.4 Å². The van der Waals surface area contributed by atoms with Gasteiger partial charge in [-0.3, -0.25) is 20.7 Å². The molecule has 13 heteroatoms. The predicted molar refractivity (Wildman–Crippen MR) is 152 cm³/mol. The van der Waals surface area contributed by atoms with Crippen LogP contribution < -0.4 is 26.6 Å². The Hall–Kier alpha value is -0.990. The molecule has 4 rings (SSSR count). The van der Waals surface area contributed by atoms with Crippen molar-refractivity contribution in [3.63, 3.8) is 0 Å². The maximum absolute atomic E-state index is 14.2. The summed E-state index contributed by atoms with van der Waals surface area (Å²) < 4.78 is 70.4. The number of alkyl halides is 3. The predicted octanol–water partition coefficient (Wildman–Crippen LogP) is 1.73. The van der Waals surface area contributed by atoms with Crippen LogP contribution in [0, 0.1) is 17.8 Å². The van der Waals surface area contributed by atoms with E-state index in [1.165, 1.54) is 12.8 Å². The number of hydrogen-bond donors (Lipinski definition) is 5. The Balaban J connectivity index is 1.30. The van der Waals surface area contributed by atoms with Gasteiger partial charge in [0.05, 0.1) is 18.0 Å². The number of amides is 1. The zero-order valence-electron chi connectivity index (χ0n) is 24.5. The van der Waals surface area contributed by atoms with Crippen LogP contribution in [0.25, 0.3) is 0 Å². The number of rotatable bonds is 11. The molecule has 0 aromatic heterocycles. The highest BCUT2D eigenvalue weighted by Crippen LogP contribution is 2.33. The Bertz CT molecular complexity index is 953. The molecule has 0 radical (unpaired) electrons. The average Bonchev–Trinajstić information content (AvgIpc) is 2.97. The van der Waals surface area contributed by atoms with E-state index in [4.69, 9.17) is 4.74 Å². The number of ether oxygens (including phenoxy) is 1. The normalized spacial score (nSPS) is 37.4. The molecule has 2 aliphatic carbocycles. The molecule has 238 valence electrons. The smallest absolute Gasteiger partial charge is 0.223 e. The number of carbonyl (C=O) groups is 1. The maximum atomic E-state index is 14.2. The van der Waals surface area contributed by atoms with Gasteiger partial charge < -0.3 is 15.4 Å². The minimum Gasteiger partial charge on any atom is -0.373 e. The fraction of sp³-hybridized carbons (Fsp3) is 0.964. The van der Waals surface area contributed by atoms with Gasteiger partial charge in [0, 0.05) is 30.3 Å². The number of piperidine rings is 1. The second-order valence-corrected chi connectivity index (χ2v) is 15.2. The minimum atomic E-state index is -3.56. The lowest BCUT2D eigenvalue weighted by Gasteiger charge is -2.43. The summed E-state index contributed by atoms with van der Waals surface area (Å²) >= 11 is 0. The van der Waals surface area contributed by atoms with Gasteiger partial charge in [-0.25, -0.2) is 21.6 Å². The lowest BCUT2D eigenvalue weighted by molar-refractivity contribution is -0.130. The molecule has 2 heterocycles. The van der Waals surface area contributed by atoms with Crippen molar-refractivity contribution in [2.45, 2.75) is 106 Å². The molecule has 5 N–H and O–H groups in total. The summed E-state index contributed by atoms with van der Waals surface area (Å²) in [6.45, 7) is 1.31. The summed E-state index contributed by atoms with van der Waals surface area (Å²) in [6.07, 6.45) is 6.82. The van der Waals surface area contributed by atoms with Gasteiger partial charge in [-0.05, 0) is 89.3 Å². The van der Waals surface area contributed by atoms with Crippen LogP contribution in [0.1, 0.15) is 64.7 Å². The molecular weight excluding hydrogens is 559 g/mol. The van der Waals surface area contributed by atoms with Crippen LogP contribution in [0.3, 0.4) is 0 Å². The topological polar surface area (TPSA) is 121 Å². The van der Waals surface area contributed by atoms with Crippen molar-refractivity contribution in [1.29, 1.82) is 0 Å². The van der Waals surface area contributed by atoms with Crippen molar-refractivity contribution in [2.24, 2.45) is 17.8 Å². The van der Waals surface area contributed by atoms with Crippen molar-refractivity contribution in [2.75, 3.05) is 45.8 Å². The monoisotopic (exact) mass is 609 g/mol. The molecule has 2 saturated heterocycles. The van der Waals surface area contributed by atoms with E-state index < -0.39 is 52.7 Å². The molecule has 2 saturated carbocycles. The largest absolute Gasteiger partial charge is 0.373 e. The lowest BCUT2D eigenvalue weighted by atomic mass is 9.81. The van der Waals surface area contributed by atoms with E-state index in [0.717, 1.165) is 51.6 Å². The first-order chi connectivity index (χ1) is 19.5. The molecule has 0 aromatic carbocycles. The highest BCUT2D eigenvalue weighted by Gasteiger charge is 2.42. The third kappa shape index (κ3) is 9.01. The van der Waals surface area contributed by atoms with Gasteiger partial charge in [-0.2, -0.15) is 0 Å². The van der Waals surface area contributed by atoms with Gasteiger partial charge in [-0.1, -0.05) is 6.92 Å². The molecule has 9 nitrogen and oxygen atoms in total. The van der Waals surface area contributed by atoms with Crippen molar-refractivity contribution in [3.8, 4) is 0 Å². The molecular formula is C28H50F3N5O4S. The van der Waals surface area contributed by atoms with Crippen LogP contribution >= 0.6 is 0 Å². The summed E-state index contributed by atoms with van der Waals surface area (Å²) in [7, 11) is -3.56. The van der Waals surface area contributed by atoms with E-state index in [1.807, 2.05) is 0 Å². The van der Waals surface area contributed by atoms with Crippen LogP contribution in [0.5, 0.6) is 0 Å². The summed E-state index contributed by atoms with van der Waals surface area (Å²) in [5, 5.41) is 16.8. The Morgan fingerprint density at radius 2 is 1.83 bits per heavy atom. The van der Waals surface area contributed by atoms with Crippen molar-refractivity contribution < 1.29 is 31.1 Å². The lowest BCUT2D eigenvalue weighted by Crippen LogP contribution is -2.66. The molecule has 9 atom stereocenters. The molecule has 9 unspecified atom stereocenters. The van der Waals surface area contributed by atoms with Crippen LogP contribution in [0.15, 0.2) is 0 Å². The van der Waals surface area contributed by atoms with Gasteiger partial charge in [0.1, 0.15) is 19.6 Å². The highest BCUT2D eigenvalue weighted by molar-refractivity contribution is 7.91. The number of hydrogen-bond acceptors (Lipinski definition) is 8. The summed E-state index contributed by atoms with van der Waals surface area (Å²) in [5.74, 6) is 0.385. The fourth-order valence-corrected chi connectivity index (χ4v) is 8.34. The van der Waals surface area contributed by atoms with E-state index in [2.05, 4.69) is 33.5 Å². The van der Waals surface area contributed by atoms with Gasteiger partial charge in [0.15, 0.2) is 15.5 Å². The molecule has 1 amide bonds. The average molecular weight is 610 g/mol. The molecule has 4 fully saturated rings. The van der Waals surface area contributed by atoms with E-state index in [1.54, 1.807) is 0 Å². The van der Waals surface area contributed by atoms with Crippen molar-refractivity contribution in [3.05, 3.63) is 0 Å². The highest BCUT2D eigenvalue weighted by atomic mass is 32.2. The number of halogens is 3. The second kappa shape index (κ2) is 14.7. The minimum absolute atomic E-state index is 0.0121. The first-order valence-electron chi connectivity index (χ1n) is 15.4. The summed E-state index contributed by atoms with van der Waals surface area (Å²) in [6, 6.07) is 0.644. The van der Waals surface area contributed by atoms with Crippen LogP contribution in [-0.2, 0) is 19.4 Å². The van der Waals surface area contributed by atoms with Gasteiger partial charge in [0.25, 0.3) is 0 Å². The van der Waals surface area contributed by atoms with Crippen LogP contribution in [0.2, 0.25) is 0 Å². The molecule has 0 spiro atoms. The maximum Gasteiger partial charge on any atom is 0.223 e. The first kappa shape index (κ1) is 32.9. The number of sulfone groups is 1. The third-order valence-electron chi connectivity index (χ3n) is 9.70. The Labute approximate surface area is 243 Å². The Morgan fingerprint density at radius 1 is 1.05 bits per heavy atom. The molecule has 0 aromatic rings. The van der Waals surface area contributed by atoms with Gasteiger partial charge >= 0.3 is 0 Å². The third-order valence-corrected chi connectivity index (χ3v) is 11.3. The standard InChI is InChI=1S/C28H50F3N5O4S/c1-18-5-7-21(13-23(18)36-27-33-11-9-22(35-27)20-4-3-10-32-14-20)34-26(37)19-6-8-25(41(2,38)39)24(12-19)40-17-28(31,15-29)16-30/h18-25,27,32-33,35-36H,3-17H2,1-2H3,(H,34,37). The van der Waals surface area contributed by atoms with E-state index in [-0.39, 0.29) is 37.1 Å². The second-order valence-electron chi connectivity index (χ2n) is 13.0. The Morgan fingerprint density at radius 3 is 2.51 bits per heavy atom.